The topological polar surface area (TPSA) is 37.0 Å². The Morgan fingerprint density at radius 3 is 3.06 bits per heavy atom. The third-order valence-corrected chi connectivity index (χ3v) is 4.32. The van der Waals surface area contributed by atoms with Gasteiger partial charge in [-0.2, -0.15) is 0 Å². The van der Waals surface area contributed by atoms with Gasteiger partial charge in [-0.1, -0.05) is 0 Å². The minimum Gasteiger partial charge on any atom is -0.382 e. The number of nitrogens with zero attached hydrogens (tertiary/aromatic N) is 1. The Hall–Kier alpha value is -1.09. The van der Waals surface area contributed by atoms with Crippen LogP contribution in [0.3, 0.4) is 0 Å². The highest BCUT2D eigenvalue weighted by atomic mass is 15.1. The first kappa shape index (κ1) is 11.0. The van der Waals surface area contributed by atoms with Gasteiger partial charge in [0.1, 0.15) is 0 Å². The number of nitrogens with one attached hydrogen (secondary N) is 2. The number of aromatic nitrogens is 1. The molecule has 2 aliphatic rings. The maximum absolute atomic E-state index is 4.14. The number of anilines is 1. The van der Waals surface area contributed by atoms with Crippen LogP contribution in [0.4, 0.5) is 5.69 Å². The Morgan fingerprint density at radius 2 is 2.35 bits per heavy atom. The Balaban J connectivity index is 1.67. The zero-order valence-electron chi connectivity index (χ0n) is 10.5. The van der Waals surface area contributed by atoms with Gasteiger partial charge in [-0.3, -0.25) is 4.98 Å². The first-order valence-corrected chi connectivity index (χ1v) is 6.70. The molecule has 1 aliphatic heterocycles. The van der Waals surface area contributed by atoms with Crippen LogP contribution in [-0.4, -0.2) is 23.1 Å². The molecule has 2 heterocycles. The van der Waals surface area contributed by atoms with Crippen molar-refractivity contribution in [2.24, 2.45) is 0 Å². The van der Waals surface area contributed by atoms with Gasteiger partial charge in [0.05, 0.1) is 0 Å². The van der Waals surface area contributed by atoms with Gasteiger partial charge in [-0.15, -0.1) is 0 Å². The molecular formula is C14H21N3. The first-order chi connectivity index (χ1) is 8.27. The van der Waals surface area contributed by atoms with E-state index in [0.717, 1.165) is 6.54 Å². The van der Waals surface area contributed by atoms with Crippen LogP contribution in [0.15, 0.2) is 18.5 Å². The van der Waals surface area contributed by atoms with Crippen molar-refractivity contribution in [2.45, 2.75) is 50.6 Å². The maximum atomic E-state index is 4.14. The van der Waals surface area contributed by atoms with Crippen molar-refractivity contribution in [3.05, 3.63) is 24.0 Å². The smallest absolute Gasteiger partial charge is 0.0402 e. The summed E-state index contributed by atoms with van der Waals surface area (Å²) in [5.74, 6) is 0. The van der Waals surface area contributed by atoms with Crippen LogP contribution >= 0.6 is 0 Å². The number of rotatable bonds is 2. The average molecular weight is 231 g/mol. The van der Waals surface area contributed by atoms with Gasteiger partial charge >= 0.3 is 0 Å². The molecular weight excluding hydrogens is 210 g/mol. The number of hydrogen-bond acceptors (Lipinski definition) is 3. The van der Waals surface area contributed by atoms with E-state index in [1.165, 1.54) is 43.4 Å². The fourth-order valence-corrected chi connectivity index (χ4v) is 3.12. The Labute approximate surface area is 103 Å². The standard InChI is InChI=1S/C14H21N3/c1-11-10-15-7-4-13(11)17-12-3-8-16-14(9-12)5-2-6-14/h4,7,10,12,16H,2-3,5-6,8-9H2,1H3,(H,15,17). The van der Waals surface area contributed by atoms with E-state index in [-0.39, 0.29) is 0 Å². The molecule has 0 radical (unpaired) electrons. The van der Waals surface area contributed by atoms with Crippen molar-refractivity contribution in [3.63, 3.8) is 0 Å². The summed E-state index contributed by atoms with van der Waals surface area (Å²) in [5.41, 5.74) is 2.96. The van der Waals surface area contributed by atoms with Gasteiger partial charge in [0.25, 0.3) is 0 Å². The maximum Gasteiger partial charge on any atom is 0.0402 e. The monoisotopic (exact) mass is 231 g/mol. The van der Waals surface area contributed by atoms with E-state index in [0.29, 0.717) is 11.6 Å². The zero-order chi connectivity index (χ0) is 11.7. The fourth-order valence-electron chi connectivity index (χ4n) is 3.12. The van der Waals surface area contributed by atoms with Crippen LogP contribution in [0.5, 0.6) is 0 Å². The molecule has 2 N–H and O–H groups in total. The van der Waals surface area contributed by atoms with Crippen molar-refractivity contribution in [1.29, 1.82) is 0 Å². The summed E-state index contributed by atoms with van der Waals surface area (Å²) >= 11 is 0. The third-order valence-electron chi connectivity index (χ3n) is 4.32. The van der Waals surface area contributed by atoms with Crippen LogP contribution in [0.1, 0.15) is 37.7 Å². The van der Waals surface area contributed by atoms with Crippen molar-refractivity contribution < 1.29 is 0 Å². The molecule has 3 rings (SSSR count). The Morgan fingerprint density at radius 1 is 1.47 bits per heavy atom. The molecule has 1 aliphatic carbocycles. The molecule has 2 fully saturated rings. The van der Waals surface area contributed by atoms with E-state index in [4.69, 9.17) is 0 Å². The molecule has 1 aromatic rings. The van der Waals surface area contributed by atoms with E-state index < -0.39 is 0 Å². The van der Waals surface area contributed by atoms with Crippen LogP contribution in [-0.2, 0) is 0 Å². The van der Waals surface area contributed by atoms with Gasteiger partial charge < -0.3 is 10.6 Å². The van der Waals surface area contributed by atoms with Crippen LogP contribution in [0, 0.1) is 6.92 Å². The molecule has 1 saturated carbocycles. The third kappa shape index (κ3) is 2.16. The molecule has 17 heavy (non-hydrogen) atoms. The number of aryl methyl sites for hydroxylation is 1. The fraction of sp³-hybridized carbons (Fsp3) is 0.643. The molecule has 3 nitrogen and oxygen atoms in total. The second-order valence-corrected chi connectivity index (χ2v) is 5.59. The van der Waals surface area contributed by atoms with E-state index in [1.807, 2.05) is 12.4 Å². The van der Waals surface area contributed by atoms with Gasteiger partial charge in [0.2, 0.25) is 0 Å². The molecule has 1 aromatic heterocycles. The molecule has 3 heteroatoms. The highest BCUT2D eigenvalue weighted by molar-refractivity contribution is 5.49. The Kier molecular flexibility index (Phi) is 2.79. The first-order valence-electron chi connectivity index (χ1n) is 6.70. The van der Waals surface area contributed by atoms with Gasteiger partial charge in [-0.05, 0) is 57.2 Å². The molecule has 1 unspecified atom stereocenters. The van der Waals surface area contributed by atoms with Crippen LogP contribution in [0.2, 0.25) is 0 Å². The predicted octanol–water partition coefficient (Wildman–Crippen LogP) is 2.48. The lowest BCUT2D eigenvalue weighted by atomic mass is 9.70. The summed E-state index contributed by atoms with van der Waals surface area (Å²) in [6.07, 6.45) is 10.4. The lowest BCUT2D eigenvalue weighted by Crippen LogP contribution is -2.58. The summed E-state index contributed by atoms with van der Waals surface area (Å²) in [7, 11) is 0. The number of pyridine rings is 1. The number of hydrogen-bond donors (Lipinski definition) is 2. The van der Waals surface area contributed by atoms with Crippen molar-refractivity contribution in [2.75, 3.05) is 11.9 Å². The minimum atomic E-state index is 0.469. The SMILES string of the molecule is Cc1cnccc1NC1CCNC2(CCC2)C1. The molecule has 1 atom stereocenters. The average Bonchev–Trinajstić information content (AvgIpc) is 2.31. The minimum absolute atomic E-state index is 0.469. The van der Waals surface area contributed by atoms with Crippen molar-refractivity contribution in [1.82, 2.24) is 10.3 Å². The lowest BCUT2D eigenvalue weighted by molar-refractivity contribution is 0.135. The van der Waals surface area contributed by atoms with E-state index in [9.17, 15) is 0 Å². The summed E-state index contributed by atoms with van der Waals surface area (Å²) in [4.78, 5) is 4.14. The van der Waals surface area contributed by atoms with Gasteiger partial charge in [0, 0.05) is 29.7 Å². The lowest BCUT2D eigenvalue weighted by Gasteiger charge is -2.48. The van der Waals surface area contributed by atoms with Gasteiger partial charge in [-0.25, -0.2) is 0 Å². The second-order valence-electron chi connectivity index (χ2n) is 5.59. The van der Waals surface area contributed by atoms with E-state index >= 15 is 0 Å². The summed E-state index contributed by atoms with van der Waals surface area (Å²) in [5, 5.41) is 7.40. The molecule has 0 bridgehead atoms. The quantitative estimate of drug-likeness (QED) is 0.821. The molecule has 0 aromatic carbocycles. The van der Waals surface area contributed by atoms with E-state index in [1.54, 1.807) is 0 Å². The summed E-state index contributed by atoms with van der Waals surface area (Å²) in [6.45, 7) is 3.28. The largest absolute Gasteiger partial charge is 0.382 e. The van der Waals surface area contributed by atoms with Crippen molar-refractivity contribution >= 4 is 5.69 Å². The van der Waals surface area contributed by atoms with Crippen LogP contribution < -0.4 is 10.6 Å². The summed E-state index contributed by atoms with van der Waals surface area (Å²) in [6, 6.07) is 2.71. The van der Waals surface area contributed by atoms with Crippen LogP contribution in [0.25, 0.3) is 0 Å². The molecule has 1 spiro atoms. The van der Waals surface area contributed by atoms with E-state index in [2.05, 4.69) is 28.6 Å². The number of piperidine rings is 1. The highest BCUT2D eigenvalue weighted by Crippen LogP contribution is 2.39. The van der Waals surface area contributed by atoms with Gasteiger partial charge in [0.15, 0.2) is 0 Å². The highest BCUT2D eigenvalue weighted by Gasteiger charge is 2.40. The molecule has 1 saturated heterocycles. The second kappa shape index (κ2) is 4.30. The zero-order valence-corrected chi connectivity index (χ0v) is 10.5. The Bertz CT molecular complexity index is 398. The predicted molar refractivity (Wildman–Crippen MR) is 70.2 cm³/mol. The normalized spacial score (nSPS) is 26.5. The van der Waals surface area contributed by atoms with Crippen molar-refractivity contribution in [3.8, 4) is 0 Å². The summed E-state index contributed by atoms with van der Waals surface area (Å²) < 4.78 is 0. The molecule has 92 valence electrons. The molecule has 0 amide bonds.